The first-order valence-corrected chi connectivity index (χ1v) is 13.6. The highest BCUT2D eigenvalue weighted by atomic mass is 32.2. The molecule has 2 N–H and O–H groups in total. The fraction of sp³-hybridized carbons (Fsp3) is 0.524. The number of hydrogen-bond donors (Lipinski definition) is 2. The summed E-state index contributed by atoms with van der Waals surface area (Å²) in [5, 5.41) is 10.6. The first-order chi connectivity index (χ1) is 16.6. The fourth-order valence-corrected chi connectivity index (χ4v) is 7.05. The highest BCUT2D eigenvalue weighted by Crippen LogP contribution is 2.39. The number of rotatable bonds is 6. The third-order valence-corrected chi connectivity index (χ3v) is 9.44. The molecule has 1 aliphatic carbocycles. The van der Waals surface area contributed by atoms with E-state index in [1.54, 1.807) is 6.92 Å². The van der Waals surface area contributed by atoms with Crippen LogP contribution in [-0.2, 0) is 10.0 Å². The lowest BCUT2D eigenvalue weighted by atomic mass is 10.1. The summed E-state index contributed by atoms with van der Waals surface area (Å²) in [7, 11) is -4.17. The number of aromatic nitrogens is 4. The van der Waals surface area contributed by atoms with Gasteiger partial charge in [-0.25, -0.2) is 36.3 Å². The molecular formula is C21H22F3N7O2S2. The maximum Gasteiger partial charge on any atom is 0.291 e. The SMILES string of the molecule is CC1(NS(=O)(=O)c2cc3c(-c4nnc(C(F)F)s4)nc(N4C5CCC4CNC5)nc3cc2F)CC1. The van der Waals surface area contributed by atoms with Crippen molar-refractivity contribution in [1.29, 1.82) is 0 Å². The maximum atomic E-state index is 15.2. The van der Waals surface area contributed by atoms with Crippen molar-refractivity contribution < 1.29 is 21.6 Å². The van der Waals surface area contributed by atoms with Crippen LogP contribution in [0.25, 0.3) is 21.6 Å². The molecule has 2 saturated heterocycles. The molecule has 2 atom stereocenters. The number of benzene rings is 1. The summed E-state index contributed by atoms with van der Waals surface area (Å²) in [6.07, 6.45) is 0.396. The zero-order valence-electron chi connectivity index (χ0n) is 18.6. The van der Waals surface area contributed by atoms with Gasteiger partial charge in [-0.3, -0.25) is 0 Å². The minimum Gasteiger partial charge on any atom is -0.332 e. The van der Waals surface area contributed by atoms with Crippen molar-refractivity contribution in [3.8, 4) is 10.7 Å². The van der Waals surface area contributed by atoms with Crippen LogP contribution in [-0.4, -0.2) is 59.3 Å². The monoisotopic (exact) mass is 525 g/mol. The van der Waals surface area contributed by atoms with E-state index in [-0.39, 0.29) is 33.7 Å². The number of sulfonamides is 1. The van der Waals surface area contributed by atoms with E-state index >= 15 is 4.39 Å². The van der Waals surface area contributed by atoms with Gasteiger partial charge in [0, 0.05) is 42.2 Å². The number of fused-ring (bicyclic) bond motifs is 3. The van der Waals surface area contributed by atoms with Crippen LogP contribution in [0.4, 0.5) is 19.1 Å². The number of alkyl halides is 2. The number of halogens is 3. The standard InChI is InChI=1S/C21H22F3N7O2S2/c1-21(4-5-21)30-35(32,33)15-6-12-14(7-13(15)22)26-20(31-10-2-3-11(31)9-25-8-10)27-16(12)18-28-29-19(34-18)17(23)24/h6-7,10-11,17,25,30H,2-5,8-9H2,1H3. The normalized spacial score (nSPS) is 23.4. The van der Waals surface area contributed by atoms with Gasteiger partial charge in [0.15, 0.2) is 10.0 Å². The topological polar surface area (TPSA) is 113 Å². The maximum absolute atomic E-state index is 15.2. The van der Waals surface area contributed by atoms with Crippen LogP contribution in [0.2, 0.25) is 0 Å². The van der Waals surface area contributed by atoms with Crippen molar-refractivity contribution in [2.75, 3.05) is 18.0 Å². The molecule has 35 heavy (non-hydrogen) atoms. The summed E-state index contributed by atoms with van der Waals surface area (Å²) >= 11 is 0.667. The molecule has 1 aromatic carbocycles. The number of anilines is 1. The van der Waals surface area contributed by atoms with E-state index in [1.807, 2.05) is 0 Å². The van der Waals surface area contributed by atoms with Crippen molar-refractivity contribution in [2.45, 2.75) is 61.6 Å². The van der Waals surface area contributed by atoms with Gasteiger partial charge in [-0.05, 0) is 38.7 Å². The van der Waals surface area contributed by atoms with Gasteiger partial charge in [0.1, 0.15) is 16.4 Å². The molecule has 2 bridgehead atoms. The van der Waals surface area contributed by atoms with E-state index in [0.29, 0.717) is 30.1 Å². The van der Waals surface area contributed by atoms with Crippen LogP contribution in [0.5, 0.6) is 0 Å². The van der Waals surface area contributed by atoms with Gasteiger partial charge in [0.05, 0.1) is 5.52 Å². The number of piperazine rings is 1. The second-order valence-corrected chi connectivity index (χ2v) is 12.2. The smallest absolute Gasteiger partial charge is 0.291 e. The lowest BCUT2D eigenvalue weighted by Gasteiger charge is -2.35. The van der Waals surface area contributed by atoms with Crippen molar-refractivity contribution in [3.63, 3.8) is 0 Å². The molecule has 3 fully saturated rings. The number of nitrogens with zero attached hydrogens (tertiary/aromatic N) is 5. The van der Waals surface area contributed by atoms with Crippen LogP contribution in [0.15, 0.2) is 17.0 Å². The largest absolute Gasteiger partial charge is 0.332 e. The molecule has 2 aliphatic heterocycles. The van der Waals surface area contributed by atoms with Crippen molar-refractivity contribution >= 4 is 38.2 Å². The zero-order chi connectivity index (χ0) is 24.5. The molecule has 9 nitrogen and oxygen atoms in total. The molecule has 2 unspecified atom stereocenters. The predicted molar refractivity (Wildman–Crippen MR) is 123 cm³/mol. The van der Waals surface area contributed by atoms with E-state index in [1.165, 1.54) is 0 Å². The highest BCUT2D eigenvalue weighted by Gasteiger charge is 2.42. The Morgan fingerprint density at radius 3 is 2.51 bits per heavy atom. The van der Waals surface area contributed by atoms with Gasteiger partial charge in [-0.2, -0.15) is 0 Å². The molecule has 0 radical (unpaired) electrons. The summed E-state index contributed by atoms with van der Waals surface area (Å²) < 4.78 is 70.1. The van der Waals surface area contributed by atoms with Crippen LogP contribution in [0.3, 0.4) is 0 Å². The van der Waals surface area contributed by atoms with E-state index in [0.717, 1.165) is 38.1 Å². The Kier molecular flexibility index (Phi) is 5.29. The minimum absolute atomic E-state index is 0.0912. The molecule has 14 heteroatoms. The van der Waals surface area contributed by atoms with Gasteiger partial charge in [-0.1, -0.05) is 11.3 Å². The quantitative estimate of drug-likeness (QED) is 0.505. The molecule has 3 aromatic rings. The van der Waals surface area contributed by atoms with Gasteiger partial charge in [0.25, 0.3) is 6.43 Å². The van der Waals surface area contributed by atoms with E-state index < -0.39 is 37.7 Å². The van der Waals surface area contributed by atoms with E-state index in [2.05, 4.69) is 35.1 Å². The van der Waals surface area contributed by atoms with Crippen LogP contribution in [0, 0.1) is 5.82 Å². The average molecular weight is 526 g/mol. The lowest BCUT2D eigenvalue weighted by molar-refractivity contribution is 0.150. The molecule has 2 aromatic heterocycles. The number of nitrogens with one attached hydrogen (secondary N) is 2. The second kappa shape index (κ2) is 8.05. The first-order valence-electron chi connectivity index (χ1n) is 11.3. The minimum atomic E-state index is -4.17. The summed E-state index contributed by atoms with van der Waals surface area (Å²) in [4.78, 5) is 10.8. The van der Waals surface area contributed by atoms with Crippen molar-refractivity contribution in [3.05, 3.63) is 23.0 Å². The average Bonchev–Trinajstić information content (AvgIpc) is 3.21. The Morgan fingerprint density at radius 1 is 1.17 bits per heavy atom. The Balaban J connectivity index is 1.54. The fourth-order valence-electron chi connectivity index (χ4n) is 4.79. The molecular weight excluding hydrogens is 503 g/mol. The van der Waals surface area contributed by atoms with Gasteiger partial charge in [-0.15, -0.1) is 10.2 Å². The summed E-state index contributed by atoms with van der Waals surface area (Å²) in [6, 6.07) is 2.52. The predicted octanol–water partition coefficient (Wildman–Crippen LogP) is 3.00. The molecule has 1 saturated carbocycles. The van der Waals surface area contributed by atoms with E-state index in [9.17, 15) is 17.2 Å². The second-order valence-electron chi connectivity index (χ2n) is 9.53. The zero-order valence-corrected chi connectivity index (χ0v) is 20.3. The highest BCUT2D eigenvalue weighted by molar-refractivity contribution is 7.89. The molecule has 6 rings (SSSR count). The Morgan fingerprint density at radius 2 is 1.89 bits per heavy atom. The van der Waals surface area contributed by atoms with E-state index in [4.69, 9.17) is 0 Å². The summed E-state index contributed by atoms with van der Waals surface area (Å²) in [5.74, 6) is -0.604. The van der Waals surface area contributed by atoms with Crippen LogP contribution in [0.1, 0.15) is 44.0 Å². The van der Waals surface area contributed by atoms with Crippen molar-refractivity contribution in [2.24, 2.45) is 0 Å². The molecule has 186 valence electrons. The molecule has 0 amide bonds. The molecule has 4 heterocycles. The third-order valence-electron chi connectivity index (χ3n) is 6.85. The first kappa shape index (κ1) is 23.0. The Hall–Kier alpha value is -2.42. The molecule has 0 spiro atoms. The van der Waals surface area contributed by atoms with Gasteiger partial charge >= 0.3 is 0 Å². The molecule has 3 aliphatic rings. The van der Waals surface area contributed by atoms with Gasteiger partial charge < -0.3 is 10.2 Å². The Bertz CT molecular complexity index is 1410. The van der Waals surface area contributed by atoms with Crippen LogP contribution < -0.4 is 14.9 Å². The summed E-state index contributed by atoms with van der Waals surface area (Å²) in [5.41, 5.74) is -0.275. The summed E-state index contributed by atoms with van der Waals surface area (Å²) in [6.45, 7) is 3.24. The lowest BCUT2D eigenvalue weighted by Crippen LogP contribution is -2.52. The van der Waals surface area contributed by atoms with Crippen molar-refractivity contribution in [1.82, 2.24) is 30.2 Å². The van der Waals surface area contributed by atoms with Gasteiger partial charge in [0.2, 0.25) is 16.0 Å². The Labute approximate surface area is 203 Å². The van der Waals surface area contributed by atoms with Crippen LogP contribution >= 0.6 is 11.3 Å². The third kappa shape index (κ3) is 4.05. The number of hydrogen-bond acceptors (Lipinski definition) is 9.